The molecule has 4 heteroatoms. The molecule has 13 heavy (non-hydrogen) atoms. The molecule has 1 heterocycles. The van der Waals surface area contributed by atoms with E-state index in [9.17, 15) is 0 Å². The molecule has 0 spiro atoms. The standard InChI is InChI=1S/C9H16N4/c1-6(2)9(12-10)8-5-11-13(4)7(8)3/h5,9,12H,1,10H2,2-4H3. The maximum absolute atomic E-state index is 5.44. The molecule has 0 bridgehead atoms. The van der Waals surface area contributed by atoms with Crippen LogP contribution in [0.15, 0.2) is 18.3 Å². The number of nitrogens with one attached hydrogen (secondary N) is 1. The molecule has 1 rings (SSSR count). The first-order valence-electron chi connectivity index (χ1n) is 4.18. The first-order valence-corrected chi connectivity index (χ1v) is 4.18. The van der Waals surface area contributed by atoms with E-state index in [1.807, 2.05) is 31.8 Å². The normalized spacial score (nSPS) is 12.9. The molecular weight excluding hydrogens is 164 g/mol. The Morgan fingerprint density at radius 2 is 2.38 bits per heavy atom. The molecular formula is C9H16N4. The summed E-state index contributed by atoms with van der Waals surface area (Å²) in [7, 11) is 1.91. The van der Waals surface area contributed by atoms with Crippen LogP contribution in [0.25, 0.3) is 0 Å². The van der Waals surface area contributed by atoms with Crippen LogP contribution in [-0.4, -0.2) is 9.78 Å². The van der Waals surface area contributed by atoms with E-state index in [0.29, 0.717) is 0 Å². The zero-order valence-electron chi connectivity index (χ0n) is 8.33. The fourth-order valence-corrected chi connectivity index (χ4v) is 1.30. The van der Waals surface area contributed by atoms with Crippen LogP contribution in [0.4, 0.5) is 0 Å². The van der Waals surface area contributed by atoms with Crippen molar-refractivity contribution in [3.8, 4) is 0 Å². The van der Waals surface area contributed by atoms with Gasteiger partial charge in [-0.3, -0.25) is 10.5 Å². The van der Waals surface area contributed by atoms with Crippen molar-refractivity contribution in [2.75, 3.05) is 0 Å². The van der Waals surface area contributed by atoms with Gasteiger partial charge in [0, 0.05) is 18.3 Å². The van der Waals surface area contributed by atoms with Crippen LogP contribution in [0.2, 0.25) is 0 Å². The number of aromatic nitrogens is 2. The second kappa shape index (κ2) is 3.72. The van der Waals surface area contributed by atoms with Gasteiger partial charge in [0.15, 0.2) is 0 Å². The molecule has 0 radical (unpaired) electrons. The number of hydrogen-bond donors (Lipinski definition) is 2. The topological polar surface area (TPSA) is 55.9 Å². The highest BCUT2D eigenvalue weighted by Gasteiger charge is 2.15. The second-order valence-corrected chi connectivity index (χ2v) is 3.25. The van der Waals surface area contributed by atoms with Crippen molar-refractivity contribution in [1.29, 1.82) is 0 Å². The SMILES string of the molecule is C=C(C)C(NN)c1cnn(C)c1C. The highest BCUT2D eigenvalue weighted by atomic mass is 15.3. The molecule has 1 atom stereocenters. The van der Waals surface area contributed by atoms with Gasteiger partial charge in [-0.1, -0.05) is 12.2 Å². The van der Waals surface area contributed by atoms with Crippen molar-refractivity contribution in [2.24, 2.45) is 12.9 Å². The molecule has 1 aromatic heterocycles. The van der Waals surface area contributed by atoms with Crippen LogP contribution in [0.5, 0.6) is 0 Å². The Morgan fingerprint density at radius 1 is 1.77 bits per heavy atom. The number of rotatable bonds is 3. The van der Waals surface area contributed by atoms with E-state index >= 15 is 0 Å². The summed E-state index contributed by atoms with van der Waals surface area (Å²) in [6.45, 7) is 7.82. The molecule has 3 N–H and O–H groups in total. The fourth-order valence-electron chi connectivity index (χ4n) is 1.30. The van der Waals surface area contributed by atoms with E-state index in [2.05, 4.69) is 17.1 Å². The zero-order valence-corrected chi connectivity index (χ0v) is 8.33. The quantitative estimate of drug-likeness (QED) is 0.411. The summed E-state index contributed by atoms with van der Waals surface area (Å²) in [5, 5.41) is 4.15. The zero-order chi connectivity index (χ0) is 10.0. The lowest BCUT2D eigenvalue weighted by Gasteiger charge is -2.15. The average molecular weight is 180 g/mol. The van der Waals surface area contributed by atoms with Crippen molar-refractivity contribution in [3.63, 3.8) is 0 Å². The van der Waals surface area contributed by atoms with E-state index in [-0.39, 0.29) is 6.04 Å². The minimum absolute atomic E-state index is 0.00583. The number of hydrogen-bond acceptors (Lipinski definition) is 3. The molecule has 0 aliphatic heterocycles. The van der Waals surface area contributed by atoms with Crippen LogP contribution in [0.1, 0.15) is 24.2 Å². The number of aryl methyl sites for hydroxylation is 1. The van der Waals surface area contributed by atoms with Gasteiger partial charge in [-0.15, -0.1) is 0 Å². The van der Waals surface area contributed by atoms with Crippen molar-refractivity contribution < 1.29 is 0 Å². The van der Waals surface area contributed by atoms with E-state index in [4.69, 9.17) is 5.84 Å². The summed E-state index contributed by atoms with van der Waals surface area (Å²) in [6.07, 6.45) is 1.81. The smallest absolute Gasteiger partial charge is 0.0698 e. The summed E-state index contributed by atoms with van der Waals surface area (Å²) in [5.74, 6) is 5.44. The van der Waals surface area contributed by atoms with Gasteiger partial charge >= 0.3 is 0 Å². The number of nitrogens with zero attached hydrogens (tertiary/aromatic N) is 2. The minimum Gasteiger partial charge on any atom is -0.273 e. The third kappa shape index (κ3) is 1.79. The largest absolute Gasteiger partial charge is 0.273 e. The molecule has 0 aliphatic carbocycles. The van der Waals surface area contributed by atoms with Crippen LogP contribution in [0, 0.1) is 6.92 Å². The van der Waals surface area contributed by atoms with Crippen molar-refractivity contribution in [1.82, 2.24) is 15.2 Å². The minimum atomic E-state index is -0.00583. The molecule has 0 aliphatic rings. The summed E-state index contributed by atoms with van der Waals surface area (Å²) >= 11 is 0. The summed E-state index contributed by atoms with van der Waals surface area (Å²) in [4.78, 5) is 0. The summed E-state index contributed by atoms with van der Waals surface area (Å²) in [5.41, 5.74) is 5.89. The molecule has 4 nitrogen and oxygen atoms in total. The molecule has 1 unspecified atom stereocenters. The van der Waals surface area contributed by atoms with Crippen LogP contribution in [-0.2, 0) is 7.05 Å². The maximum atomic E-state index is 5.44. The molecule has 0 saturated carbocycles. The first-order chi connectivity index (χ1) is 6.07. The average Bonchev–Trinajstić information content (AvgIpc) is 2.37. The Hall–Kier alpha value is -1.13. The molecule has 0 saturated heterocycles. The van der Waals surface area contributed by atoms with Gasteiger partial charge in [-0.2, -0.15) is 5.10 Å². The molecule has 0 fully saturated rings. The summed E-state index contributed by atoms with van der Waals surface area (Å²) in [6, 6.07) is -0.00583. The third-order valence-corrected chi connectivity index (χ3v) is 2.24. The highest BCUT2D eigenvalue weighted by molar-refractivity contribution is 5.27. The van der Waals surface area contributed by atoms with Crippen LogP contribution >= 0.6 is 0 Å². The monoisotopic (exact) mass is 180 g/mol. The van der Waals surface area contributed by atoms with E-state index in [1.165, 1.54) is 0 Å². The Morgan fingerprint density at radius 3 is 2.69 bits per heavy atom. The summed E-state index contributed by atoms with van der Waals surface area (Å²) < 4.78 is 1.82. The second-order valence-electron chi connectivity index (χ2n) is 3.25. The highest BCUT2D eigenvalue weighted by Crippen LogP contribution is 2.21. The predicted molar refractivity (Wildman–Crippen MR) is 52.8 cm³/mol. The molecule has 0 amide bonds. The van der Waals surface area contributed by atoms with Gasteiger partial charge < -0.3 is 0 Å². The van der Waals surface area contributed by atoms with Crippen LogP contribution < -0.4 is 11.3 Å². The lowest BCUT2D eigenvalue weighted by atomic mass is 10.0. The van der Waals surface area contributed by atoms with Gasteiger partial charge in [0.05, 0.1) is 12.2 Å². The Kier molecular flexibility index (Phi) is 2.85. The van der Waals surface area contributed by atoms with Gasteiger partial charge in [-0.25, -0.2) is 5.43 Å². The Balaban J connectivity index is 3.05. The number of nitrogens with two attached hydrogens (primary N) is 1. The molecule has 1 aromatic rings. The van der Waals surface area contributed by atoms with Crippen molar-refractivity contribution in [2.45, 2.75) is 19.9 Å². The molecule has 72 valence electrons. The van der Waals surface area contributed by atoms with Gasteiger partial charge in [0.2, 0.25) is 0 Å². The third-order valence-electron chi connectivity index (χ3n) is 2.24. The maximum Gasteiger partial charge on any atom is 0.0698 e. The van der Waals surface area contributed by atoms with E-state index < -0.39 is 0 Å². The van der Waals surface area contributed by atoms with Gasteiger partial charge in [-0.05, 0) is 13.8 Å². The van der Waals surface area contributed by atoms with E-state index in [1.54, 1.807) is 0 Å². The lowest BCUT2D eigenvalue weighted by molar-refractivity contribution is 0.621. The lowest BCUT2D eigenvalue weighted by Crippen LogP contribution is -2.28. The molecule has 0 aromatic carbocycles. The number of hydrazine groups is 1. The fraction of sp³-hybridized carbons (Fsp3) is 0.444. The predicted octanol–water partition coefficient (Wildman–Crippen LogP) is 0.809. The van der Waals surface area contributed by atoms with E-state index in [0.717, 1.165) is 16.8 Å². The van der Waals surface area contributed by atoms with Crippen molar-refractivity contribution in [3.05, 3.63) is 29.6 Å². The van der Waals surface area contributed by atoms with Gasteiger partial charge in [0.1, 0.15) is 0 Å². The van der Waals surface area contributed by atoms with Crippen molar-refractivity contribution >= 4 is 0 Å². The Labute approximate surface area is 78.4 Å². The first kappa shape index (κ1) is 9.95. The van der Waals surface area contributed by atoms with Crippen LogP contribution in [0.3, 0.4) is 0 Å². The Bertz CT molecular complexity index is 313. The van der Waals surface area contributed by atoms with Gasteiger partial charge in [0.25, 0.3) is 0 Å².